The molecule has 4 nitrogen and oxygen atoms in total. The Morgan fingerprint density at radius 3 is 2.00 bits per heavy atom. The third-order valence-electron chi connectivity index (χ3n) is 2.28. The molecular weight excluding hydrogens is 247 g/mol. The van der Waals surface area contributed by atoms with Gasteiger partial charge in [0.2, 0.25) is 0 Å². The second-order valence-corrected chi connectivity index (χ2v) is 6.76. The molecule has 0 atom stereocenters. The summed E-state index contributed by atoms with van der Waals surface area (Å²) < 4.78 is 0. The van der Waals surface area contributed by atoms with Crippen molar-refractivity contribution in [2.24, 2.45) is 0 Å². The van der Waals surface area contributed by atoms with Crippen molar-refractivity contribution in [1.29, 1.82) is 0 Å². The van der Waals surface area contributed by atoms with E-state index in [0.29, 0.717) is 11.1 Å². The molecule has 0 aromatic heterocycles. The van der Waals surface area contributed by atoms with Crippen molar-refractivity contribution < 1.29 is 28.8 Å². The van der Waals surface area contributed by atoms with Crippen LogP contribution in [0.15, 0.2) is 35.3 Å². The molecule has 0 aliphatic heterocycles. The molecule has 0 saturated heterocycles. The topological polar surface area (TPSA) is 64.2 Å². The molecule has 0 fully saturated rings. The van der Waals surface area contributed by atoms with E-state index < -0.39 is 0 Å². The molecule has 0 bridgehead atoms. The Balaban J connectivity index is 0.00000361. The van der Waals surface area contributed by atoms with Crippen LogP contribution < -0.4 is 34.6 Å². The minimum Gasteiger partial charge on any atom is -0.860 e. The summed E-state index contributed by atoms with van der Waals surface area (Å²) in [5, 5.41) is 17.8. The Kier molecular flexibility index (Phi) is 6.19. The number of carbonyl (C=O) groups is 1. The second kappa shape index (κ2) is 6.56. The number of amides is 1. The van der Waals surface area contributed by atoms with E-state index in [1.807, 2.05) is 41.5 Å². The van der Waals surface area contributed by atoms with Crippen molar-refractivity contribution in [2.45, 2.75) is 52.6 Å². The van der Waals surface area contributed by atoms with Crippen molar-refractivity contribution in [1.82, 2.24) is 10.6 Å². The molecule has 0 aromatic rings. The molecule has 0 radical (unpaired) electrons. The van der Waals surface area contributed by atoms with Gasteiger partial charge < -0.3 is 15.7 Å². The van der Waals surface area contributed by atoms with Gasteiger partial charge in [-0.25, -0.2) is 0 Å². The number of allylic oxidation sites excluding steroid dienone is 3. The first-order chi connectivity index (χ1) is 8.49. The molecule has 106 valence electrons. The number of carbonyl (C=O) groups excluding carboxylic acids is 1. The van der Waals surface area contributed by atoms with Crippen molar-refractivity contribution >= 4 is 5.91 Å². The van der Waals surface area contributed by atoms with E-state index in [4.69, 9.17) is 0 Å². The fourth-order valence-electron chi connectivity index (χ4n) is 1.63. The predicted molar refractivity (Wildman–Crippen MR) is 75.0 cm³/mol. The minimum absolute atomic E-state index is 0. The normalized spacial score (nSPS) is 17.2. The van der Waals surface area contributed by atoms with E-state index >= 15 is 0 Å². The molecule has 20 heavy (non-hydrogen) atoms. The molecule has 0 saturated carbocycles. The molecule has 0 aromatic carbocycles. The summed E-state index contributed by atoms with van der Waals surface area (Å²) >= 11 is 0. The molecule has 1 aliphatic carbocycles. The Hall–Kier alpha value is -1.11. The van der Waals surface area contributed by atoms with E-state index in [-0.39, 0.29) is 41.7 Å². The zero-order valence-corrected chi connectivity index (χ0v) is 13.5. The van der Waals surface area contributed by atoms with Gasteiger partial charge in [0, 0.05) is 16.7 Å². The van der Waals surface area contributed by atoms with Gasteiger partial charge in [0.05, 0.1) is 0 Å². The average molecular weight is 270 g/mol. The standard InChI is InChI=1S/C15H24N2O2.Li/c1-14(2,3)16-12(18)10-8-7-9-11(10)13(19)17-15(4,5)6;/h7-9,16,18H,1-6H3,(H,17,19);/q;+1/p-1. The van der Waals surface area contributed by atoms with E-state index in [1.165, 1.54) is 0 Å². The van der Waals surface area contributed by atoms with Crippen LogP contribution in [0.4, 0.5) is 0 Å². The van der Waals surface area contributed by atoms with Crippen molar-refractivity contribution in [3.8, 4) is 0 Å². The monoisotopic (exact) mass is 270 g/mol. The third-order valence-corrected chi connectivity index (χ3v) is 2.28. The van der Waals surface area contributed by atoms with Crippen LogP contribution in [0.25, 0.3) is 0 Å². The van der Waals surface area contributed by atoms with Crippen LogP contribution >= 0.6 is 0 Å². The zero-order chi connectivity index (χ0) is 14.8. The van der Waals surface area contributed by atoms with E-state index in [0.717, 1.165) is 0 Å². The number of hydrogen-bond donors (Lipinski definition) is 2. The molecule has 0 spiro atoms. The van der Waals surface area contributed by atoms with Gasteiger partial charge in [-0.1, -0.05) is 12.2 Å². The second-order valence-electron chi connectivity index (χ2n) is 6.76. The number of hydrogen-bond acceptors (Lipinski definition) is 3. The van der Waals surface area contributed by atoms with Gasteiger partial charge in [-0.05, 0) is 59.1 Å². The average Bonchev–Trinajstić information content (AvgIpc) is 2.59. The van der Waals surface area contributed by atoms with Gasteiger partial charge in [0.25, 0.3) is 5.91 Å². The van der Waals surface area contributed by atoms with Crippen LogP contribution in [0.2, 0.25) is 0 Å². The van der Waals surface area contributed by atoms with Gasteiger partial charge in [-0.3, -0.25) is 4.79 Å². The minimum atomic E-state index is -0.327. The summed E-state index contributed by atoms with van der Waals surface area (Å²) in [6.07, 6.45) is 5.05. The summed E-state index contributed by atoms with van der Waals surface area (Å²) in [6.45, 7) is 11.4. The first-order valence-corrected chi connectivity index (χ1v) is 6.40. The molecular formula is C15H23LiN2O2. The van der Waals surface area contributed by atoms with E-state index in [2.05, 4.69) is 10.6 Å². The summed E-state index contributed by atoms with van der Waals surface area (Å²) in [4.78, 5) is 12.1. The first kappa shape index (κ1) is 18.9. The van der Waals surface area contributed by atoms with Crippen LogP contribution in [-0.4, -0.2) is 17.0 Å². The maximum absolute atomic E-state index is 12.1. The fraction of sp³-hybridized carbons (Fsp3) is 0.533. The van der Waals surface area contributed by atoms with Crippen LogP contribution in [0, 0.1) is 0 Å². The zero-order valence-electron chi connectivity index (χ0n) is 13.5. The predicted octanol–water partition coefficient (Wildman–Crippen LogP) is -1.64. The van der Waals surface area contributed by atoms with Gasteiger partial charge in [0.1, 0.15) is 0 Å². The summed E-state index contributed by atoms with van der Waals surface area (Å²) in [5.74, 6) is -0.451. The smallest absolute Gasteiger partial charge is 0.860 e. The van der Waals surface area contributed by atoms with Gasteiger partial charge in [-0.15, -0.1) is 0 Å². The molecule has 5 heteroatoms. The van der Waals surface area contributed by atoms with Crippen molar-refractivity contribution in [3.63, 3.8) is 0 Å². The third kappa shape index (κ3) is 5.90. The molecule has 1 aliphatic rings. The largest absolute Gasteiger partial charge is 1.00 e. The SMILES string of the molecule is CC(C)(C)NC(=O)C1=CC=CC1=C([O-])NC(C)(C)C.[Li+]. The van der Waals surface area contributed by atoms with Crippen LogP contribution in [0.1, 0.15) is 41.5 Å². The van der Waals surface area contributed by atoms with Gasteiger partial charge >= 0.3 is 18.9 Å². The molecule has 0 unspecified atom stereocenters. The molecule has 1 amide bonds. The number of nitrogens with one attached hydrogen (secondary N) is 2. The molecule has 2 N–H and O–H groups in total. The molecule has 0 heterocycles. The van der Waals surface area contributed by atoms with Crippen LogP contribution in [0.5, 0.6) is 0 Å². The first-order valence-electron chi connectivity index (χ1n) is 6.40. The van der Waals surface area contributed by atoms with E-state index in [9.17, 15) is 9.90 Å². The summed E-state index contributed by atoms with van der Waals surface area (Å²) in [7, 11) is 0. The summed E-state index contributed by atoms with van der Waals surface area (Å²) in [5.41, 5.74) is 0.173. The van der Waals surface area contributed by atoms with Crippen LogP contribution in [-0.2, 0) is 4.79 Å². The van der Waals surface area contributed by atoms with Crippen LogP contribution in [0.3, 0.4) is 0 Å². The molecule has 1 rings (SSSR count). The van der Waals surface area contributed by atoms with Gasteiger partial charge in [-0.2, -0.15) is 0 Å². The van der Waals surface area contributed by atoms with E-state index in [1.54, 1.807) is 18.2 Å². The maximum Gasteiger partial charge on any atom is 1.00 e. The fourth-order valence-corrected chi connectivity index (χ4v) is 1.63. The Labute approximate surface area is 133 Å². The Morgan fingerprint density at radius 2 is 1.55 bits per heavy atom. The maximum atomic E-state index is 12.1. The van der Waals surface area contributed by atoms with Gasteiger partial charge in [0.15, 0.2) is 0 Å². The number of rotatable bonds is 2. The Morgan fingerprint density at radius 1 is 1.05 bits per heavy atom. The summed E-state index contributed by atoms with van der Waals surface area (Å²) in [6, 6.07) is 0. The Bertz CT molecular complexity index is 463. The quantitative estimate of drug-likeness (QED) is 0.467. The van der Waals surface area contributed by atoms with Crippen molar-refractivity contribution in [2.75, 3.05) is 0 Å². The van der Waals surface area contributed by atoms with Crippen molar-refractivity contribution in [3.05, 3.63) is 35.3 Å².